The number of rotatable bonds is 8. The predicted molar refractivity (Wildman–Crippen MR) is 108 cm³/mol. The number of carbonyl (C=O) groups excluding carboxylic acids is 2. The SMILES string of the molecule is CCCCNC(=O)CN1CCN(C(=O)c2ccc(S(=O)(=O)N(C)C)cc2)CC1. The van der Waals surface area contributed by atoms with Gasteiger partial charge in [0.05, 0.1) is 11.4 Å². The number of sulfonamides is 1. The van der Waals surface area contributed by atoms with E-state index >= 15 is 0 Å². The van der Waals surface area contributed by atoms with Crippen LogP contribution in [0.1, 0.15) is 30.1 Å². The van der Waals surface area contributed by atoms with Crippen LogP contribution < -0.4 is 5.32 Å². The maximum atomic E-state index is 12.7. The van der Waals surface area contributed by atoms with Gasteiger partial charge in [0.15, 0.2) is 0 Å². The van der Waals surface area contributed by atoms with E-state index in [1.165, 1.54) is 26.2 Å². The Morgan fingerprint density at radius 1 is 1.07 bits per heavy atom. The molecule has 1 aromatic carbocycles. The summed E-state index contributed by atoms with van der Waals surface area (Å²) in [5, 5.41) is 2.90. The summed E-state index contributed by atoms with van der Waals surface area (Å²) >= 11 is 0. The molecule has 1 aromatic rings. The van der Waals surface area contributed by atoms with Gasteiger partial charge in [0.2, 0.25) is 15.9 Å². The lowest BCUT2D eigenvalue weighted by Crippen LogP contribution is -2.51. The second kappa shape index (κ2) is 9.99. The molecule has 0 atom stereocenters. The lowest BCUT2D eigenvalue weighted by Gasteiger charge is -2.34. The quantitative estimate of drug-likeness (QED) is 0.634. The molecular weight excluding hydrogens is 380 g/mol. The monoisotopic (exact) mass is 410 g/mol. The van der Waals surface area contributed by atoms with Crippen molar-refractivity contribution in [2.45, 2.75) is 24.7 Å². The van der Waals surface area contributed by atoms with Crippen LogP contribution in [0.3, 0.4) is 0 Å². The third-order valence-corrected chi connectivity index (χ3v) is 6.59. The van der Waals surface area contributed by atoms with Crippen LogP contribution in [0.2, 0.25) is 0 Å². The Balaban J connectivity index is 1.87. The lowest BCUT2D eigenvalue weighted by atomic mass is 10.2. The highest BCUT2D eigenvalue weighted by atomic mass is 32.2. The Morgan fingerprint density at radius 2 is 1.68 bits per heavy atom. The maximum absolute atomic E-state index is 12.7. The molecule has 2 amide bonds. The van der Waals surface area contributed by atoms with Gasteiger partial charge in [-0.1, -0.05) is 13.3 Å². The first kappa shape index (κ1) is 22.3. The minimum atomic E-state index is -3.51. The number of nitrogens with zero attached hydrogens (tertiary/aromatic N) is 3. The van der Waals surface area contributed by atoms with Gasteiger partial charge in [0.1, 0.15) is 0 Å². The molecule has 0 spiro atoms. The van der Waals surface area contributed by atoms with Gasteiger partial charge >= 0.3 is 0 Å². The largest absolute Gasteiger partial charge is 0.355 e. The van der Waals surface area contributed by atoms with Crippen LogP contribution in [0.25, 0.3) is 0 Å². The van der Waals surface area contributed by atoms with E-state index in [2.05, 4.69) is 12.2 Å². The Bertz CT molecular complexity index is 770. The van der Waals surface area contributed by atoms with Crippen molar-refractivity contribution in [2.75, 3.05) is 53.4 Å². The molecule has 2 rings (SSSR count). The Kier molecular flexibility index (Phi) is 7.97. The first-order valence-electron chi connectivity index (χ1n) is 9.56. The van der Waals surface area contributed by atoms with E-state index in [1.807, 2.05) is 4.90 Å². The van der Waals surface area contributed by atoms with Gasteiger partial charge in [-0.15, -0.1) is 0 Å². The van der Waals surface area contributed by atoms with E-state index in [0.29, 0.717) is 44.8 Å². The molecule has 0 bridgehead atoms. The van der Waals surface area contributed by atoms with Crippen molar-refractivity contribution in [3.63, 3.8) is 0 Å². The molecule has 28 heavy (non-hydrogen) atoms. The zero-order chi connectivity index (χ0) is 20.7. The molecule has 1 heterocycles. The molecule has 0 aromatic heterocycles. The molecule has 1 aliphatic heterocycles. The number of unbranched alkanes of at least 4 members (excludes halogenated alkanes) is 1. The van der Waals surface area contributed by atoms with Crippen molar-refractivity contribution in [2.24, 2.45) is 0 Å². The van der Waals surface area contributed by atoms with Crippen LogP contribution >= 0.6 is 0 Å². The van der Waals surface area contributed by atoms with Crippen LogP contribution in [-0.4, -0.2) is 87.7 Å². The van der Waals surface area contributed by atoms with E-state index < -0.39 is 10.0 Å². The van der Waals surface area contributed by atoms with Gasteiger partial charge in [0, 0.05) is 52.4 Å². The van der Waals surface area contributed by atoms with Crippen LogP contribution in [0.4, 0.5) is 0 Å². The summed E-state index contributed by atoms with van der Waals surface area (Å²) in [6.07, 6.45) is 2.02. The molecule has 8 nitrogen and oxygen atoms in total. The molecule has 0 saturated carbocycles. The molecule has 1 N–H and O–H groups in total. The first-order valence-corrected chi connectivity index (χ1v) is 11.0. The van der Waals surface area contributed by atoms with Crippen molar-refractivity contribution in [1.82, 2.24) is 19.4 Å². The molecular formula is C19H30N4O4S. The standard InChI is InChI=1S/C19H30N4O4S/c1-4-5-10-20-18(24)15-22-11-13-23(14-12-22)19(25)16-6-8-17(9-7-16)28(26,27)21(2)3/h6-9H,4-5,10-15H2,1-3H3,(H,20,24). The molecule has 1 saturated heterocycles. The molecule has 0 unspecified atom stereocenters. The Labute approximate surface area is 167 Å². The highest BCUT2D eigenvalue weighted by Crippen LogP contribution is 2.16. The van der Waals surface area contributed by atoms with Gasteiger partial charge in [-0.2, -0.15) is 0 Å². The topological polar surface area (TPSA) is 90.0 Å². The number of amides is 2. The number of hydrogen-bond acceptors (Lipinski definition) is 5. The molecule has 0 aliphatic carbocycles. The van der Waals surface area contributed by atoms with Crippen molar-refractivity contribution in [3.05, 3.63) is 29.8 Å². The van der Waals surface area contributed by atoms with E-state index in [-0.39, 0.29) is 16.7 Å². The minimum absolute atomic E-state index is 0.0194. The third kappa shape index (κ3) is 5.76. The molecule has 156 valence electrons. The van der Waals surface area contributed by atoms with Crippen LogP contribution in [-0.2, 0) is 14.8 Å². The van der Waals surface area contributed by atoms with E-state index in [1.54, 1.807) is 17.0 Å². The fraction of sp³-hybridized carbons (Fsp3) is 0.579. The summed E-state index contributed by atoms with van der Waals surface area (Å²) in [6, 6.07) is 6.01. The smallest absolute Gasteiger partial charge is 0.253 e. The molecule has 9 heteroatoms. The zero-order valence-electron chi connectivity index (χ0n) is 16.8. The number of carbonyl (C=O) groups is 2. The number of benzene rings is 1. The number of hydrogen-bond donors (Lipinski definition) is 1. The van der Waals surface area contributed by atoms with Crippen LogP contribution in [0.5, 0.6) is 0 Å². The zero-order valence-corrected chi connectivity index (χ0v) is 17.7. The van der Waals surface area contributed by atoms with Crippen LogP contribution in [0, 0.1) is 0 Å². The summed E-state index contributed by atoms with van der Waals surface area (Å²) in [6.45, 7) is 5.49. The first-order chi connectivity index (χ1) is 13.3. The van der Waals surface area contributed by atoms with Gasteiger partial charge in [-0.05, 0) is 30.7 Å². The Morgan fingerprint density at radius 3 is 2.21 bits per heavy atom. The summed E-state index contributed by atoms with van der Waals surface area (Å²) in [5.41, 5.74) is 0.462. The van der Waals surface area contributed by atoms with E-state index in [9.17, 15) is 18.0 Å². The Hall–Kier alpha value is -1.97. The van der Waals surface area contributed by atoms with Gasteiger partial charge in [-0.3, -0.25) is 14.5 Å². The second-order valence-electron chi connectivity index (χ2n) is 7.08. The summed E-state index contributed by atoms with van der Waals surface area (Å²) in [5.74, 6) is -0.105. The van der Waals surface area contributed by atoms with Crippen molar-refractivity contribution >= 4 is 21.8 Å². The van der Waals surface area contributed by atoms with Crippen LogP contribution in [0.15, 0.2) is 29.2 Å². The molecule has 0 radical (unpaired) electrons. The highest BCUT2D eigenvalue weighted by Gasteiger charge is 2.24. The number of nitrogens with one attached hydrogen (secondary N) is 1. The van der Waals surface area contributed by atoms with Crippen molar-refractivity contribution in [3.8, 4) is 0 Å². The fourth-order valence-corrected chi connectivity index (χ4v) is 3.84. The summed E-state index contributed by atoms with van der Waals surface area (Å²) < 4.78 is 25.4. The number of piperazine rings is 1. The predicted octanol–water partition coefficient (Wildman–Crippen LogP) is 0.611. The average molecular weight is 411 g/mol. The van der Waals surface area contributed by atoms with Gasteiger partial charge in [0.25, 0.3) is 5.91 Å². The molecule has 1 fully saturated rings. The van der Waals surface area contributed by atoms with Gasteiger partial charge < -0.3 is 10.2 Å². The van der Waals surface area contributed by atoms with E-state index in [4.69, 9.17) is 0 Å². The summed E-state index contributed by atoms with van der Waals surface area (Å²) in [7, 11) is -0.567. The van der Waals surface area contributed by atoms with E-state index in [0.717, 1.165) is 17.1 Å². The second-order valence-corrected chi connectivity index (χ2v) is 9.24. The van der Waals surface area contributed by atoms with Crippen molar-refractivity contribution in [1.29, 1.82) is 0 Å². The van der Waals surface area contributed by atoms with Gasteiger partial charge in [-0.25, -0.2) is 12.7 Å². The minimum Gasteiger partial charge on any atom is -0.355 e. The summed E-state index contributed by atoms with van der Waals surface area (Å²) in [4.78, 5) is 28.5. The molecule has 1 aliphatic rings. The maximum Gasteiger partial charge on any atom is 0.253 e. The lowest BCUT2D eigenvalue weighted by molar-refractivity contribution is -0.122. The third-order valence-electron chi connectivity index (χ3n) is 4.76. The van der Waals surface area contributed by atoms with Crippen molar-refractivity contribution < 1.29 is 18.0 Å². The fourth-order valence-electron chi connectivity index (χ4n) is 2.94. The highest BCUT2D eigenvalue weighted by molar-refractivity contribution is 7.89. The normalized spacial score (nSPS) is 15.6. The average Bonchev–Trinajstić information content (AvgIpc) is 2.68.